The summed E-state index contributed by atoms with van der Waals surface area (Å²) in [5.41, 5.74) is 0. The normalized spacial score (nSPS) is 10.6. The third kappa shape index (κ3) is 8.79. The summed E-state index contributed by atoms with van der Waals surface area (Å²) in [7, 11) is 0. The molecule has 0 saturated heterocycles. The summed E-state index contributed by atoms with van der Waals surface area (Å²) >= 11 is 0. The Hall–Kier alpha value is -1.12. The molecule has 0 aliphatic rings. The van der Waals surface area contributed by atoms with Gasteiger partial charge in [0.15, 0.2) is 5.79 Å². The fourth-order valence-electron chi connectivity index (χ4n) is 0.557. The van der Waals surface area contributed by atoms with E-state index in [4.69, 9.17) is 16.4 Å². The Morgan fingerprint density at radius 3 is 2.62 bits per heavy atom. The first-order chi connectivity index (χ1) is 5.95. The minimum absolute atomic E-state index is 0.0539. The SMILES string of the molecule is [C-]#[N+]CC(=O)OCCOC(C)(C)O. The van der Waals surface area contributed by atoms with Crippen molar-refractivity contribution in [3.05, 3.63) is 11.4 Å². The van der Waals surface area contributed by atoms with Gasteiger partial charge in [0.25, 0.3) is 0 Å². The topological polar surface area (TPSA) is 60.1 Å². The fourth-order valence-corrected chi connectivity index (χ4v) is 0.557. The van der Waals surface area contributed by atoms with Crippen molar-refractivity contribution in [2.24, 2.45) is 0 Å². The zero-order valence-electron chi connectivity index (χ0n) is 7.74. The first kappa shape index (κ1) is 11.9. The van der Waals surface area contributed by atoms with Gasteiger partial charge in [-0.25, -0.2) is 11.4 Å². The van der Waals surface area contributed by atoms with Crippen LogP contribution in [-0.2, 0) is 14.3 Å². The van der Waals surface area contributed by atoms with E-state index in [1.54, 1.807) is 0 Å². The first-order valence-electron chi connectivity index (χ1n) is 3.81. The average molecular weight is 187 g/mol. The van der Waals surface area contributed by atoms with Crippen molar-refractivity contribution < 1.29 is 19.4 Å². The van der Waals surface area contributed by atoms with Gasteiger partial charge >= 0.3 is 12.5 Å². The molecule has 74 valence electrons. The van der Waals surface area contributed by atoms with Gasteiger partial charge in [-0.1, -0.05) is 0 Å². The van der Waals surface area contributed by atoms with Crippen LogP contribution >= 0.6 is 0 Å². The molecular weight excluding hydrogens is 174 g/mol. The van der Waals surface area contributed by atoms with Gasteiger partial charge in [0.2, 0.25) is 0 Å². The lowest BCUT2D eigenvalue weighted by Crippen LogP contribution is -2.26. The first-order valence-corrected chi connectivity index (χ1v) is 3.81. The summed E-state index contributed by atoms with van der Waals surface area (Å²) < 4.78 is 9.45. The Morgan fingerprint density at radius 1 is 1.54 bits per heavy atom. The van der Waals surface area contributed by atoms with E-state index in [0.717, 1.165) is 0 Å². The van der Waals surface area contributed by atoms with Crippen LogP contribution in [0.4, 0.5) is 0 Å². The molecule has 0 fully saturated rings. The lowest BCUT2D eigenvalue weighted by atomic mass is 10.4. The van der Waals surface area contributed by atoms with Crippen molar-refractivity contribution in [2.75, 3.05) is 19.8 Å². The van der Waals surface area contributed by atoms with Crippen LogP contribution in [0.2, 0.25) is 0 Å². The monoisotopic (exact) mass is 187 g/mol. The standard InChI is InChI=1S/C8H13NO4/c1-8(2,11)13-5-4-12-7(10)6-9-3/h11H,4-6H2,1-2H3. The van der Waals surface area contributed by atoms with Gasteiger partial charge in [0, 0.05) is 0 Å². The second-order valence-electron chi connectivity index (χ2n) is 2.83. The van der Waals surface area contributed by atoms with Crippen molar-refractivity contribution in [3.8, 4) is 0 Å². The number of esters is 1. The van der Waals surface area contributed by atoms with E-state index in [2.05, 4.69) is 9.58 Å². The molecule has 0 spiro atoms. The largest absolute Gasteiger partial charge is 0.458 e. The fraction of sp³-hybridized carbons (Fsp3) is 0.750. The van der Waals surface area contributed by atoms with Crippen molar-refractivity contribution in [3.63, 3.8) is 0 Å². The van der Waals surface area contributed by atoms with Gasteiger partial charge in [0.1, 0.15) is 6.61 Å². The lowest BCUT2D eigenvalue weighted by molar-refractivity contribution is -0.185. The highest BCUT2D eigenvalue weighted by Gasteiger charge is 2.12. The second-order valence-corrected chi connectivity index (χ2v) is 2.83. The molecule has 0 aromatic heterocycles. The van der Waals surface area contributed by atoms with Crippen molar-refractivity contribution in [1.82, 2.24) is 0 Å². The molecule has 0 amide bonds. The summed E-state index contributed by atoms with van der Waals surface area (Å²) in [4.78, 5) is 13.5. The summed E-state index contributed by atoms with van der Waals surface area (Å²) in [6.45, 7) is 9.22. The Kier molecular flexibility index (Phi) is 5.04. The van der Waals surface area contributed by atoms with Crippen molar-refractivity contribution >= 4 is 5.97 Å². The predicted octanol–water partition coefficient (Wildman–Crippen LogP) is 0.194. The smallest absolute Gasteiger partial charge is 0.387 e. The van der Waals surface area contributed by atoms with Crippen LogP contribution in [0.5, 0.6) is 0 Å². The van der Waals surface area contributed by atoms with Gasteiger partial charge in [-0.3, -0.25) is 0 Å². The third-order valence-electron chi connectivity index (χ3n) is 1.01. The summed E-state index contributed by atoms with van der Waals surface area (Å²) in [5.74, 6) is -1.79. The molecule has 0 bridgehead atoms. The van der Waals surface area contributed by atoms with Crippen LogP contribution in [0, 0.1) is 6.57 Å². The van der Waals surface area contributed by atoms with E-state index >= 15 is 0 Å². The van der Waals surface area contributed by atoms with Gasteiger partial charge < -0.3 is 19.4 Å². The van der Waals surface area contributed by atoms with Crippen LogP contribution in [0.1, 0.15) is 13.8 Å². The quantitative estimate of drug-likeness (QED) is 0.289. The zero-order valence-corrected chi connectivity index (χ0v) is 7.74. The molecule has 0 radical (unpaired) electrons. The van der Waals surface area contributed by atoms with Crippen LogP contribution < -0.4 is 0 Å². The van der Waals surface area contributed by atoms with E-state index in [0.29, 0.717) is 0 Å². The zero-order chi connectivity index (χ0) is 10.3. The molecule has 0 aromatic carbocycles. The molecule has 5 nitrogen and oxygen atoms in total. The molecule has 0 heterocycles. The number of ether oxygens (including phenoxy) is 2. The molecule has 0 rings (SSSR count). The molecule has 0 atom stereocenters. The number of hydrogen-bond donors (Lipinski definition) is 1. The van der Waals surface area contributed by atoms with E-state index in [9.17, 15) is 4.79 Å². The van der Waals surface area contributed by atoms with E-state index in [1.807, 2.05) is 0 Å². The predicted molar refractivity (Wildman–Crippen MR) is 44.7 cm³/mol. The molecule has 0 saturated carbocycles. The maximum absolute atomic E-state index is 10.6. The molecule has 1 N–H and O–H groups in total. The van der Waals surface area contributed by atoms with Crippen molar-refractivity contribution in [2.45, 2.75) is 19.6 Å². The van der Waals surface area contributed by atoms with E-state index in [1.165, 1.54) is 13.8 Å². The molecule has 5 heteroatoms. The Balaban J connectivity index is 3.37. The minimum atomic E-state index is -1.22. The summed E-state index contributed by atoms with van der Waals surface area (Å²) in [6.07, 6.45) is 0. The van der Waals surface area contributed by atoms with Gasteiger partial charge in [-0.2, -0.15) is 0 Å². The van der Waals surface area contributed by atoms with E-state index in [-0.39, 0.29) is 19.8 Å². The highest BCUT2D eigenvalue weighted by Crippen LogP contribution is 2.01. The van der Waals surface area contributed by atoms with E-state index < -0.39 is 11.8 Å². The number of hydrogen-bond acceptors (Lipinski definition) is 4. The molecule has 0 unspecified atom stereocenters. The molecule has 0 aliphatic carbocycles. The summed E-state index contributed by atoms with van der Waals surface area (Å²) in [5, 5.41) is 9.08. The minimum Gasteiger partial charge on any atom is -0.458 e. The van der Waals surface area contributed by atoms with Gasteiger partial charge in [-0.05, 0) is 13.8 Å². The Morgan fingerprint density at radius 2 is 2.15 bits per heavy atom. The highest BCUT2D eigenvalue weighted by molar-refractivity contribution is 5.73. The van der Waals surface area contributed by atoms with Crippen LogP contribution in [0.3, 0.4) is 0 Å². The molecular formula is C8H13NO4. The number of aliphatic hydroxyl groups is 1. The molecule has 0 aliphatic heterocycles. The Labute approximate surface area is 77.1 Å². The number of carbonyl (C=O) groups excluding carboxylic acids is 1. The van der Waals surface area contributed by atoms with Crippen LogP contribution in [0.25, 0.3) is 4.85 Å². The maximum Gasteiger partial charge on any atom is 0.387 e. The van der Waals surface area contributed by atoms with Crippen molar-refractivity contribution in [1.29, 1.82) is 0 Å². The van der Waals surface area contributed by atoms with Crippen LogP contribution in [-0.4, -0.2) is 36.6 Å². The average Bonchev–Trinajstić information content (AvgIpc) is 1.97. The number of carbonyl (C=O) groups is 1. The second kappa shape index (κ2) is 5.51. The summed E-state index contributed by atoms with van der Waals surface area (Å²) in [6, 6.07) is 0. The molecule has 13 heavy (non-hydrogen) atoms. The lowest BCUT2D eigenvalue weighted by Gasteiger charge is -2.17. The number of rotatable bonds is 5. The third-order valence-corrected chi connectivity index (χ3v) is 1.01. The Bertz CT molecular complexity index is 201. The van der Waals surface area contributed by atoms with Gasteiger partial charge in [0.05, 0.1) is 6.61 Å². The number of nitrogens with zero attached hydrogens (tertiary/aromatic N) is 1. The molecule has 0 aromatic rings. The highest BCUT2D eigenvalue weighted by atomic mass is 16.6. The maximum atomic E-state index is 10.6. The van der Waals surface area contributed by atoms with Crippen LogP contribution in [0.15, 0.2) is 0 Å². The van der Waals surface area contributed by atoms with Gasteiger partial charge in [-0.15, -0.1) is 0 Å².